The molecule has 2 heterocycles. The summed E-state index contributed by atoms with van der Waals surface area (Å²) in [6.07, 6.45) is 2.40. The van der Waals surface area contributed by atoms with Crippen LogP contribution in [0.2, 0.25) is 5.02 Å². The molecule has 1 saturated carbocycles. The fourth-order valence-corrected chi connectivity index (χ4v) is 10.00. The third-order valence-electron chi connectivity index (χ3n) is 11.2. The number of ether oxygens (including phenoxy) is 1. The monoisotopic (exact) mass is 843 g/mol. The molecule has 52 heavy (non-hydrogen) atoms. The zero-order valence-electron chi connectivity index (χ0n) is 28.0. The zero-order valence-corrected chi connectivity index (χ0v) is 31.9. The van der Waals surface area contributed by atoms with Crippen molar-refractivity contribution in [1.29, 1.82) is 0 Å². The van der Waals surface area contributed by atoms with Gasteiger partial charge in [0.05, 0.1) is 46.1 Å². The molecular weight excluding hydrogens is 814 g/mol. The first-order chi connectivity index (χ1) is 25.0. The maximum Gasteiger partial charge on any atom is 0.260 e. The number of hydrogen-bond donors (Lipinski definition) is 2. The highest BCUT2D eigenvalue weighted by molar-refractivity contribution is 9.13. The van der Waals surface area contributed by atoms with Crippen LogP contribution in [0.4, 0.5) is 11.4 Å². The molecule has 2 saturated heterocycles. The number of nitrogens with zero attached hydrogens (tertiary/aromatic N) is 2. The topological polar surface area (TPSA) is 116 Å². The van der Waals surface area contributed by atoms with Crippen molar-refractivity contribution in [3.8, 4) is 11.5 Å². The van der Waals surface area contributed by atoms with Crippen LogP contribution in [0, 0.1) is 30.6 Å². The van der Waals surface area contributed by atoms with E-state index in [0.717, 1.165) is 16.1 Å². The minimum Gasteiger partial charge on any atom is -0.503 e. The number of aryl methyl sites for hydroxylation is 1. The second-order valence-corrected chi connectivity index (χ2v) is 15.7. The molecule has 8 rings (SSSR count). The van der Waals surface area contributed by atoms with Gasteiger partial charge in [-0.25, -0.2) is 0 Å². The Morgan fingerprint density at radius 3 is 2.25 bits per heavy atom. The van der Waals surface area contributed by atoms with Gasteiger partial charge in [0.1, 0.15) is 0 Å². The van der Waals surface area contributed by atoms with Gasteiger partial charge in [-0.2, -0.15) is 5.01 Å². The maximum atomic E-state index is 15.4. The molecule has 0 radical (unpaired) electrons. The van der Waals surface area contributed by atoms with Gasteiger partial charge in [-0.3, -0.25) is 29.5 Å². The smallest absolute Gasteiger partial charge is 0.260 e. The number of anilines is 2. The van der Waals surface area contributed by atoms with Gasteiger partial charge < -0.3 is 9.84 Å². The predicted molar refractivity (Wildman–Crippen MR) is 203 cm³/mol. The van der Waals surface area contributed by atoms with E-state index in [1.54, 1.807) is 30.3 Å². The molecule has 0 spiro atoms. The Kier molecular flexibility index (Phi) is 8.59. The third-order valence-corrected chi connectivity index (χ3v) is 13.6. The number of aromatic hydroxyl groups is 1. The highest BCUT2D eigenvalue weighted by atomic mass is 79.9. The second kappa shape index (κ2) is 12.9. The molecule has 4 aromatic carbocycles. The fourth-order valence-electron chi connectivity index (χ4n) is 8.91. The van der Waals surface area contributed by atoms with Gasteiger partial charge >= 0.3 is 0 Å². The Labute approximate surface area is 321 Å². The van der Waals surface area contributed by atoms with Crippen molar-refractivity contribution in [3.63, 3.8) is 0 Å². The van der Waals surface area contributed by atoms with E-state index in [-0.39, 0.29) is 36.2 Å². The number of benzene rings is 4. The molecule has 3 fully saturated rings. The number of phenols is 1. The summed E-state index contributed by atoms with van der Waals surface area (Å²) in [5.41, 5.74) is 5.62. The summed E-state index contributed by atoms with van der Waals surface area (Å²) in [6, 6.07) is 24.9. The summed E-state index contributed by atoms with van der Waals surface area (Å²) in [5, 5.41) is 12.6. The molecule has 6 unspecified atom stereocenters. The van der Waals surface area contributed by atoms with Crippen molar-refractivity contribution in [2.75, 3.05) is 17.4 Å². The number of phenolic OH excluding ortho intramolecular Hbond substituents is 1. The number of rotatable bonds is 6. The molecule has 9 nitrogen and oxygen atoms in total. The number of amides is 4. The molecule has 4 amide bonds. The van der Waals surface area contributed by atoms with Crippen LogP contribution < -0.4 is 15.1 Å². The highest BCUT2D eigenvalue weighted by Crippen LogP contribution is 2.65. The first-order valence-corrected chi connectivity index (χ1v) is 18.8. The van der Waals surface area contributed by atoms with Crippen LogP contribution >= 0.6 is 43.5 Å². The van der Waals surface area contributed by atoms with E-state index in [1.807, 2.05) is 67.6 Å². The molecule has 2 aliphatic carbocycles. The molecule has 6 atom stereocenters. The Bertz CT molecular complexity index is 2200. The van der Waals surface area contributed by atoms with Crippen LogP contribution in [0.5, 0.6) is 11.5 Å². The van der Waals surface area contributed by atoms with Gasteiger partial charge in [0, 0.05) is 15.4 Å². The number of carbonyl (C=O) groups excluding carboxylic acids is 4. The Hall–Kier alpha value is -4.45. The number of fused-ring (bicyclic) bond motifs is 4. The quantitative estimate of drug-likeness (QED) is 0.149. The lowest BCUT2D eigenvalue weighted by Crippen LogP contribution is -2.53. The molecule has 2 aliphatic heterocycles. The van der Waals surface area contributed by atoms with Gasteiger partial charge in [-0.05, 0) is 111 Å². The van der Waals surface area contributed by atoms with Crippen molar-refractivity contribution in [1.82, 2.24) is 5.01 Å². The average Bonchev–Trinajstić information content (AvgIpc) is 3.53. The van der Waals surface area contributed by atoms with Crippen molar-refractivity contribution >= 4 is 78.5 Å². The molecule has 264 valence electrons. The van der Waals surface area contributed by atoms with Crippen molar-refractivity contribution in [2.45, 2.75) is 31.1 Å². The number of nitrogens with one attached hydrogen (secondary N) is 1. The van der Waals surface area contributed by atoms with E-state index < -0.39 is 46.8 Å². The van der Waals surface area contributed by atoms with Gasteiger partial charge in [-0.15, -0.1) is 0 Å². The molecule has 12 heteroatoms. The summed E-state index contributed by atoms with van der Waals surface area (Å²) in [7, 11) is 1.44. The lowest BCUT2D eigenvalue weighted by Gasteiger charge is -2.51. The average molecular weight is 846 g/mol. The summed E-state index contributed by atoms with van der Waals surface area (Å²) < 4.78 is 6.40. The van der Waals surface area contributed by atoms with Gasteiger partial charge in [0.2, 0.25) is 11.8 Å². The summed E-state index contributed by atoms with van der Waals surface area (Å²) in [5.74, 6) is -5.29. The number of imide groups is 2. The molecule has 4 aliphatic rings. The first kappa shape index (κ1) is 34.6. The van der Waals surface area contributed by atoms with Crippen LogP contribution in [0.15, 0.2) is 106 Å². The van der Waals surface area contributed by atoms with Crippen molar-refractivity contribution < 1.29 is 29.0 Å². The minimum absolute atomic E-state index is 0.139. The second-order valence-electron chi connectivity index (χ2n) is 13.7. The predicted octanol–water partition coefficient (Wildman–Crippen LogP) is 8.08. The minimum atomic E-state index is -1.49. The Balaban J connectivity index is 1.36. The first-order valence-electron chi connectivity index (χ1n) is 16.8. The summed E-state index contributed by atoms with van der Waals surface area (Å²) in [6.45, 7) is 1.95. The molecule has 0 bridgehead atoms. The van der Waals surface area contributed by atoms with Crippen LogP contribution in [0.1, 0.15) is 35.4 Å². The number of hydrazine groups is 1. The van der Waals surface area contributed by atoms with E-state index in [0.29, 0.717) is 36.5 Å². The summed E-state index contributed by atoms with van der Waals surface area (Å²) in [4.78, 5) is 60.1. The van der Waals surface area contributed by atoms with Crippen LogP contribution in [-0.2, 0) is 24.6 Å². The zero-order chi connectivity index (χ0) is 36.6. The lowest BCUT2D eigenvalue weighted by atomic mass is 9.49. The SMILES string of the molecule is COc1cc(C2C3=CCC4C(=O)N(c5ccc(Cl)cc5)C(=O)C4C3CC3C(=O)N(Nc4ccc(C)cc4)C(=O)C32c2ccccc2)c(Br)c(Br)c1O. The van der Waals surface area contributed by atoms with E-state index >= 15 is 4.79 Å². The fraction of sp³-hybridized carbons (Fsp3) is 0.250. The standard InChI is InChI=1S/C40H32Br2ClN3O6/c1-20-8-12-23(13-9-20)44-46-37(49)29-18-27-25(16-17-26-31(27)38(50)45(36(26)48)24-14-10-22(43)11-15-24)32(28-19-30(52-2)35(47)34(42)33(28)41)40(29,39(46)51)21-6-4-3-5-7-21/h3-16,19,26-27,29,31-32,44,47H,17-18H2,1-2H3. The number of allylic oxidation sites excluding steroid dienone is 2. The van der Waals surface area contributed by atoms with Crippen LogP contribution in [0.25, 0.3) is 0 Å². The molecular formula is C40H32Br2ClN3O6. The van der Waals surface area contributed by atoms with Gasteiger partial charge in [0.25, 0.3) is 11.8 Å². The normalized spacial score (nSPS) is 26.6. The Morgan fingerprint density at radius 2 is 1.58 bits per heavy atom. The molecule has 2 N–H and O–H groups in total. The number of halogens is 3. The lowest BCUT2D eigenvalue weighted by molar-refractivity contribution is -0.138. The van der Waals surface area contributed by atoms with E-state index in [4.69, 9.17) is 16.3 Å². The number of methoxy groups -OCH3 is 1. The highest BCUT2D eigenvalue weighted by Gasteiger charge is 2.70. The van der Waals surface area contributed by atoms with Crippen molar-refractivity contribution in [2.24, 2.45) is 23.7 Å². The van der Waals surface area contributed by atoms with Crippen molar-refractivity contribution in [3.05, 3.63) is 127 Å². The molecule has 4 aromatic rings. The Morgan fingerprint density at radius 1 is 0.885 bits per heavy atom. The van der Waals surface area contributed by atoms with Gasteiger partial charge in [0.15, 0.2) is 11.5 Å². The number of carbonyl (C=O) groups is 4. The van der Waals surface area contributed by atoms with Crippen LogP contribution in [0.3, 0.4) is 0 Å². The largest absolute Gasteiger partial charge is 0.503 e. The van der Waals surface area contributed by atoms with E-state index in [2.05, 4.69) is 37.3 Å². The number of hydrogen-bond acceptors (Lipinski definition) is 7. The maximum absolute atomic E-state index is 15.4. The summed E-state index contributed by atoms with van der Waals surface area (Å²) >= 11 is 13.4. The van der Waals surface area contributed by atoms with Gasteiger partial charge in [-0.1, -0.05) is 71.3 Å². The van der Waals surface area contributed by atoms with Crippen LogP contribution in [-0.4, -0.2) is 40.9 Å². The van der Waals surface area contributed by atoms with E-state index in [1.165, 1.54) is 12.0 Å². The molecule has 0 aromatic heterocycles. The van der Waals surface area contributed by atoms with E-state index in [9.17, 15) is 19.5 Å². The third kappa shape index (κ3) is 4.99.